The van der Waals surface area contributed by atoms with Gasteiger partial charge in [-0.25, -0.2) is 0 Å². The zero-order chi connectivity index (χ0) is 15.3. The van der Waals surface area contributed by atoms with Crippen LogP contribution in [0.4, 0.5) is 5.69 Å². The van der Waals surface area contributed by atoms with Crippen LogP contribution in [0.2, 0.25) is 0 Å². The fourth-order valence-corrected chi connectivity index (χ4v) is 3.04. The van der Waals surface area contributed by atoms with E-state index in [1.165, 1.54) is 5.56 Å². The van der Waals surface area contributed by atoms with Crippen molar-refractivity contribution >= 4 is 11.6 Å². The van der Waals surface area contributed by atoms with Gasteiger partial charge < -0.3 is 10.6 Å². The Morgan fingerprint density at radius 1 is 1.24 bits per heavy atom. The third-order valence-corrected chi connectivity index (χ3v) is 5.07. The molecule has 0 saturated carbocycles. The Balaban J connectivity index is 2.04. The highest BCUT2D eigenvalue weighted by molar-refractivity contribution is 5.95. The molecule has 1 fully saturated rings. The molecule has 1 aromatic rings. The van der Waals surface area contributed by atoms with Crippen molar-refractivity contribution < 1.29 is 4.79 Å². The number of amides is 1. The highest BCUT2D eigenvalue weighted by Crippen LogP contribution is 2.34. The van der Waals surface area contributed by atoms with Crippen LogP contribution in [-0.4, -0.2) is 19.0 Å². The smallest absolute Gasteiger partial charge is 0.230 e. The summed E-state index contributed by atoms with van der Waals surface area (Å²) >= 11 is 0. The van der Waals surface area contributed by atoms with Gasteiger partial charge in [0.2, 0.25) is 5.91 Å². The molecule has 3 heteroatoms. The summed E-state index contributed by atoms with van der Waals surface area (Å²) in [7, 11) is 0. The minimum absolute atomic E-state index is 0.183. The second kappa shape index (κ2) is 7.08. The molecule has 1 amide bonds. The number of carbonyl (C=O) groups excluding carboxylic acids is 1. The van der Waals surface area contributed by atoms with E-state index in [2.05, 4.69) is 43.5 Å². The van der Waals surface area contributed by atoms with Crippen molar-refractivity contribution in [1.29, 1.82) is 0 Å². The summed E-state index contributed by atoms with van der Waals surface area (Å²) in [6.07, 6.45) is 3.91. The number of carbonyl (C=O) groups is 1. The average Bonchev–Trinajstić information content (AvgIpc) is 2.55. The molecule has 0 radical (unpaired) electrons. The summed E-state index contributed by atoms with van der Waals surface area (Å²) in [5.74, 6) is 0.754. The van der Waals surface area contributed by atoms with Gasteiger partial charge in [0.05, 0.1) is 5.41 Å². The largest absolute Gasteiger partial charge is 0.326 e. The van der Waals surface area contributed by atoms with Gasteiger partial charge in [-0.1, -0.05) is 32.9 Å². The van der Waals surface area contributed by atoms with E-state index in [9.17, 15) is 4.79 Å². The van der Waals surface area contributed by atoms with Gasteiger partial charge in [0, 0.05) is 5.69 Å². The molecule has 1 atom stereocenters. The monoisotopic (exact) mass is 288 g/mol. The standard InChI is InChI=1S/C18H28N2O/c1-4-14(3)15-6-8-16(9-7-15)20-17(21)18(5-2)10-12-19-13-11-18/h6-9,14,19H,4-5,10-13H2,1-3H3,(H,20,21). The molecule has 2 N–H and O–H groups in total. The Hall–Kier alpha value is -1.35. The maximum atomic E-state index is 12.7. The van der Waals surface area contributed by atoms with Crippen LogP contribution in [0.3, 0.4) is 0 Å². The molecular formula is C18H28N2O. The van der Waals surface area contributed by atoms with Gasteiger partial charge in [-0.05, 0) is 62.4 Å². The topological polar surface area (TPSA) is 41.1 Å². The van der Waals surface area contributed by atoms with E-state index in [0.29, 0.717) is 5.92 Å². The van der Waals surface area contributed by atoms with E-state index in [0.717, 1.165) is 44.5 Å². The summed E-state index contributed by atoms with van der Waals surface area (Å²) in [5, 5.41) is 6.46. The predicted octanol–water partition coefficient (Wildman–Crippen LogP) is 3.92. The first-order chi connectivity index (χ1) is 10.1. The van der Waals surface area contributed by atoms with E-state index in [1.807, 2.05) is 12.1 Å². The fraction of sp³-hybridized carbons (Fsp3) is 0.611. The number of benzene rings is 1. The molecule has 1 heterocycles. The Morgan fingerprint density at radius 3 is 2.38 bits per heavy atom. The normalized spacial score (nSPS) is 19.0. The Kier molecular flexibility index (Phi) is 5.40. The minimum atomic E-state index is -0.194. The quantitative estimate of drug-likeness (QED) is 0.862. The molecule has 0 aliphatic carbocycles. The first-order valence-corrected chi connectivity index (χ1v) is 8.23. The Morgan fingerprint density at radius 2 is 1.86 bits per heavy atom. The van der Waals surface area contributed by atoms with Crippen LogP contribution in [0.1, 0.15) is 57.9 Å². The number of anilines is 1. The van der Waals surface area contributed by atoms with Crippen molar-refractivity contribution in [3.05, 3.63) is 29.8 Å². The lowest BCUT2D eigenvalue weighted by atomic mass is 9.76. The third kappa shape index (κ3) is 3.65. The van der Waals surface area contributed by atoms with Crippen LogP contribution in [0, 0.1) is 5.41 Å². The SMILES string of the molecule is CCC(C)c1ccc(NC(=O)C2(CC)CCNCC2)cc1. The first-order valence-electron chi connectivity index (χ1n) is 8.23. The lowest BCUT2D eigenvalue weighted by Crippen LogP contribution is -2.44. The maximum Gasteiger partial charge on any atom is 0.230 e. The number of hydrogen-bond acceptors (Lipinski definition) is 2. The highest BCUT2D eigenvalue weighted by atomic mass is 16.2. The molecule has 116 valence electrons. The molecule has 2 rings (SSSR count). The zero-order valence-electron chi connectivity index (χ0n) is 13.5. The van der Waals surface area contributed by atoms with E-state index in [4.69, 9.17) is 0 Å². The maximum absolute atomic E-state index is 12.7. The molecule has 1 aliphatic heterocycles. The molecule has 1 aromatic carbocycles. The first kappa shape index (κ1) is 16.0. The molecule has 1 unspecified atom stereocenters. The lowest BCUT2D eigenvalue weighted by molar-refractivity contribution is -0.127. The summed E-state index contributed by atoms with van der Waals surface area (Å²) in [6, 6.07) is 8.32. The van der Waals surface area contributed by atoms with Gasteiger partial charge in [0.25, 0.3) is 0 Å². The van der Waals surface area contributed by atoms with Gasteiger partial charge in [-0.3, -0.25) is 4.79 Å². The molecule has 0 bridgehead atoms. The summed E-state index contributed by atoms with van der Waals surface area (Å²) in [5.41, 5.74) is 2.06. The predicted molar refractivity (Wildman–Crippen MR) is 88.6 cm³/mol. The summed E-state index contributed by atoms with van der Waals surface area (Å²) in [6.45, 7) is 8.43. The van der Waals surface area contributed by atoms with Crippen LogP contribution < -0.4 is 10.6 Å². The number of rotatable bonds is 5. The van der Waals surface area contributed by atoms with Crippen LogP contribution in [0.5, 0.6) is 0 Å². The lowest BCUT2D eigenvalue weighted by Gasteiger charge is -2.35. The summed E-state index contributed by atoms with van der Waals surface area (Å²) < 4.78 is 0. The number of hydrogen-bond donors (Lipinski definition) is 2. The minimum Gasteiger partial charge on any atom is -0.326 e. The van der Waals surface area contributed by atoms with Crippen molar-refractivity contribution in [1.82, 2.24) is 5.32 Å². The van der Waals surface area contributed by atoms with E-state index >= 15 is 0 Å². The van der Waals surface area contributed by atoms with Gasteiger partial charge in [0.1, 0.15) is 0 Å². The van der Waals surface area contributed by atoms with Crippen molar-refractivity contribution in [2.75, 3.05) is 18.4 Å². The Bertz CT molecular complexity index is 461. The van der Waals surface area contributed by atoms with Crippen LogP contribution in [0.15, 0.2) is 24.3 Å². The molecular weight excluding hydrogens is 260 g/mol. The Labute approximate surface area is 128 Å². The fourth-order valence-electron chi connectivity index (χ4n) is 3.04. The molecule has 3 nitrogen and oxygen atoms in total. The number of piperidine rings is 1. The molecule has 1 saturated heterocycles. The molecule has 21 heavy (non-hydrogen) atoms. The van der Waals surface area contributed by atoms with Crippen molar-refractivity contribution in [3.8, 4) is 0 Å². The third-order valence-electron chi connectivity index (χ3n) is 5.07. The van der Waals surface area contributed by atoms with Crippen LogP contribution >= 0.6 is 0 Å². The second-order valence-corrected chi connectivity index (χ2v) is 6.27. The summed E-state index contributed by atoms with van der Waals surface area (Å²) in [4.78, 5) is 12.7. The van der Waals surface area contributed by atoms with Gasteiger partial charge >= 0.3 is 0 Å². The number of nitrogens with one attached hydrogen (secondary N) is 2. The molecule has 0 aromatic heterocycles. The van der Waals surface area contributed by atoms with Gasteiger partial charge in [-0.2, -0.15) is 0 Å². The van der Waals surface area contributed by atoms with Crippen LogP contribution in [0.25, 0.3) is 0 Å². The van der Waals surface area contributed by atoms with Gasteiger partial charge in [0.15, 0.2) is 0 Å². The van der Waals surface area contributed by atoms with Crippen LogP contribution in [-0.2, 0) is 4.79 Å². The highest BCUT2D eigenvalue weighted by Gasteiger charge is 2.37. The zero-order valence-corrected chi connectivity index (χ0v) is 13.5. The van der Waals surface area contributed by atoms with Crippen molar-refractivity contribution in [2.24, 2.45) is 5.41 Å². The average molecular weight is 288 g/mol. The van der Waals surface area contributed by atoms with E-state index in [-0.39, 0.29) is 11.3 Å². The second-order valence-electron chi connectivity index (χ2n) is 6.27. The van der Waals surface area contributed by atoms with Crippen molar-refractivity contribution in [2.45, 2.75) is 52.4 Å². The molecule has 0 spiro atoms. The molecule has 1 aliphatic rings. The van der Waals surface area contributed by atoms with Crippen molar-refractivity contribution in [3.63, 3.8) is 0 Å². The van der Waals surface area contributed by atoms with Gasteiger partial charge in [-0.15, -0.1) is 0 Å². The van der Waals surface area contributed by atoms with E-state index in [1.54, 1.807) is 0 Å². The van der Waals surface area contributed by atoms with E-state index < -0.39 is 0 Å².